The van der Waals surface area contributed by atoms with Crippen LogP contribution in [0, 0.1) is 0 Å². The molecule has 0 bridgehead atoms. The Kier molecular flexibility index (Phi) is 7.29. The van der Waals surface area contributed by atoms with Gasteiger partial charge in [0, 0.05) is 6.07 Å². The molecule has 0 aromatic heterocycles. The maximum Gasteiger partial charge on any atom is 0.180 e. The monoisotopic (exact) mass is 447 g/mol. The summed E-state index contributed by atoms with van der Waals surface area (Å²) in [5.74, 6) is 0.875. The van der Waals surface area contributed by atoms with Crippen LogP contribution < -0.4 is 9.47 Å². The van der Waals surface area contributed by atoms with Crippen molar-refractivity contribution in [1.29, 1.82) is 0 Å². The van der Waals surface area contributed by atoms with E-state index in [1.807, 2.05) is 42.3 Å². The molecule has 0 N–H and O–H groups in total. The highest BCUT2D eigenvalue weighted by Crippen LogP contribution is 2.47. The SMILES string of the molecule is CCCC[C@@]1(CC)CS(=O)(=O)c2cc(OC)c(OC)cc2[C@H](c2ccccc2)N1OC. The van der Waals surface area contributed by atoms with Gasteiger partial charge in [-0.2, -0.15) is 5.06 Å². The largest absolute Gasteiger partial charge is 0.493 e. The van der Waals surface area contributed by atoms with Gasteiger partial charge in [-0.25, -0.2) is 8.42 Å². The van der Waals surface area contributed by atoms with E-state index in [1.165, 1.54) is 7.11 Å². The van der Waals surface area contributed by atoms with Gasteiger partial charge in [0.2, 0.25) is 0 Å². The van der Waals surface area contributed by atoms with E-state index in [4.69, 9.17) is 14.3 Å². The van der Waals surface area contributed by atoms with Crippen LogP contribution in [0.3, 0.4) is 0 Å². The first-order chi connectivity index (χ1) is 14.9. The number of ether oxygens (including phenoxy) is 2. The number of rotatable bonds is 8. The average Bonchev–Trinajstić information content (AvgIpc) is 2.87. The minimum Gasteiger partial charge on any atom is -0.493 e. The maximum absolute atomic E-state index is 13.8. The van der Waals surface area contributed by atoms with Gasteiger partial charge in [-0.15, -0.1) is 0 Å². The fourth-order valence-electron chi connectivity index (χ4n) is 4.63. The Morgan fingerprint density at radius 3 is 2.23 bits per heavy atom. The summed E-state index contributed by atoms with van der Waals surface area (Å²) in [4.78, 5) is 6.29. The lowest BCUT2D eigenvalue weighted by molar-refractivity contribution is -0.220. The smallest absolute Gasteiger partial charge is 0.180 e. The van der Waals surface area contributed by atoms with Crippen molar-refractivity contribution in [3.05, 3.63) is 53.6 Å². The molecule has 2 aromatic rings. The Morgan fingerprint density at radius 2 is 1.68 bits per heavy atom. The van der Waals surface area contributed by atoms with Crippen LogP contribution in [0.1, 0.15) is 56.7 Å². The lowest BCUT2D eigenvalue weighted by Gasteiger charge is -2.44. The number of benzene rings is 2. The highest BCUT2D eigenvalue weighted by molar-refractivity contribution is 7.91. The molecule has 2 aromatic carbocycles. The molecular formula is C24H33NO5S. The molecular weight excluding hydrogens is 414 g/mol. The zero-order valence-electron chi connectivity index (χ0n) is 19.1. The second-order valence-corrected chi connectivity index (χ2v) is 9.97. The first-order valence-electron chi connectivity index (χ1n) is 10.7. The number of hydroxylamine groups is 2. The summed E-state index contributed by atoms with van der Waals surface area (Å²) in [6.45, 7) is 4.15. The Balaban J connectivity index is 2.38. The number of hydrogen-bond donors (Lipinski definition) is 0. The zero-order valence-corrected chi connectivity index (χ0v) is 19.9. The summed E-state index contributed by atoms with van der Waals surface area (Å²) in [5.41, 5.74) is 0.936. The molecule has 7 heteroatoms. The fraction of sp³-hybridized carbons (Fsp3) is 0.500. The first kappa shape index (κ1) is 23.6. The molecule has 1 aliphatic heterocycles. The van der Waals surface area contributed by atoms with E-state index in [2.05, 4.69) is 6.92 Å². The van der Waals surface area contributed by atoms with Gasteiger partial charge in [-0.1, -0.05) is 57.0 Å². The molecule has 0 unspecified atom stereocenters. The topological polar surface area (TPSA) is 65.1 Å². The summed E-state index contributed by atoms with van der Waals surface area (Å²) < 4.78 is 38.5. The Labute approximate surface area is 186 Å². The molecule has 6 nitrogen and oxygen atoms in total. The van der Waals surface area contributed by atoms with Crippen LogP contribution in [0.25, 0.3) is 0 Å². The quantitative estimate of drug-likeness (QED) is 0.580. The number of methoxy groups -OCH3 is 2. The minimum absolute atomic E-state index is 0.0177. The molecule has 3 rings (SSSR count). The van der Waals surface area contributed by atoms with Crippen molar-refractivity contribution in [2.24, 2.45) is 0 Å². The van der Waals surface area contributed by atoms with Gasteiger partial charge < -0.3 is 14.3 Å². The molecule has 31 heavy (non-hydrogen) atoms. The summed E-state index contributed by atoms with van der Waals surface area (Å²) in [7, 11) is 1.07. The van der Waals surface area contributed by atoms with Gasteiger partial charge in [0.05, 0.1) is 43.6 Å². The standard InChI is InChI=1S/C24H33NO5S/c1-6-8-14-24(7-2)17-31(26,27)22-16-21(29-4)20(28-3)15-19(22)23(25(24)30-5)18-12-10-9-11-13-18/h9-13,15-16,23H,6-8,14,17H2,1-5H3/t23-,24-/m0/s1. The highest BCUT2D eigenvalue weighted by atomic mass is 32.2. The number of sulfone groups is 1. The minimum atomic E-state index is -3.63. The molecule has 170 valence electrons. The summed E-state index contributed by atoms with van der Waals surface area (Å²) in [6.07, 6.45) is 3.25. The second kappa shape index (κ2) is 9.59. The Hall–Kier alpha value is -2.09. The third-order valence-electron chi connectivity index (χ3n) is 6.27. The van der Waals surface area contributed by atoms with Crippen LogP contribution in [0.5, 0.6) is 11.5 Å². The predicted octanol–water partition coefficient (Wildman–Crippen LogP) is 4.78. The maximum atomic E-state index is 13.8. The second-order valence-electron chi connectivity index (χ2n) is 8.01. The number of fused-ring (bicyclic) bond motifs is 1. The van der Waals surface area contributed by atoms with Crippen molar-refractivity contribution in [1.82, 2.24) is 5.06 Å². The molecule has 0 radical (unpaired) electrons. The van der Waals surface area contributed by atoms with Crippen molar-refractivity contribution >= 4 is 9.84 Å². The summed E-state index contributed by atoms with van der Waals surface area (Å²) >= 11 is 0. The van der Waals surface area contributed by atoms with Gasteiger partial charge >= 0.3 is 0 Å². The van der Waals surface area contributed by atoms with E-state index >= 15 is 0 Å². The van der Waals surface area contributed by atoms with Crippen molar-refractivity contribution in [3.63, 3.8) is 0 Å². The molecule has 0 fully saturated rings. The fourth-order valence-corrected chi connectivity index (χ4v) is 6.78. The highest BCUT2D eigenvalue weighted by Gasteiger charge is 2.49. The van der Waals surface area contributed by atoms with Crippen LogP contribution in [-0.2, 0) is 14.7 Å². The van der Waals surface area contributed by atoms with Crippen molar-refractivity contribution in [2.45, 2.75) is 56.0 Å². The van der Waals surface area contributed by atoms with Crippen molar-refractivity contribution in [3.8, 4) is 11.5 Å². The lowest BCUT2D eigenvalue weighted by Crippen LogP contribution is -2.52. The molecule has 0 spiro atoms. The van der Waals surface area contributed by atoms with Crippen LogP contribution in [0.15, 0.2) is 47.4 Å². The van der Waals surface area contributed by atoms with Gasteiger partial charge in [0.15, 0.2) is 21.3 Å². The van der Waals surface area contributed by atoms with E-state index < -0.39 is 21.4 Å². The molecule has 2 atom stereocenters. The van der Waals surface area contributed by atoms with E-state index in [9.17, 15) is 8.42 Å². The number of unbranched alkanes of at least 4 members (excludes halogenated alkanes) is 1. The Bertz CT molecular complexity index is 993. The van der Waals surface area contributed by atoms with Crippen LogP contribution in [-0.4, -0.2) is 46.1 Å². The Morgan fingerprint density at radius 1 is 1.03 bits per heavy atom. The van der Waals surface area contributed by atoms with E-state index in [0.29, 0.717) is 23.5 Å². The number of hydrogen-bond acceptors (Lipinski definition) is 6. The third kappa shape index (κ3) is 4.31. The first-order valence-corrected chi connectivity index (χ1v) is 12.4. The van der Waals surface area contributed by atoms with E-state index in [0.717, 1.165) is 24.8 Å². The lowest BCUT2D eigenvalue weighted by atomic mass is 9.87. The van der Waals surface area contributed by atoms with E-state index in [-0.39, 0.29) is 10.6 Å². The van der Waals surface area contributed by atoms with Gasteiger partial charge in [0.25, 0.3) is 0 Å². The van der Waals surface area contributed by atoms with Crippen LogP contribution in [0.2, 0.25) is 0 Å². The van der Waals surface area contributed by atoms with Gasteiger partial charge in [-0.3, -0.25) is 0 Å². The van der Waals surface area contributed by atoms with E-state index in [1.54, 1.807) is 26.4 Å². The predicted molar refractivity (Wildman–Crippen MR) is 121 cm³/mol. The third-order valence-corrected chi connectivity index (χ3v) is 8.21. The molecule has 1 heterocycles. The molecule has 0 saturated carbocycles. The van der Waals surface area contributed by atoms with Crippen LogP contribution >= 0.6 is 0 Å². The van der Waals surface area contributed by atoms with Gasteiger partial charge in [0.1, 0.15) is 0 Å². The summed E-state index contributed by atoms with van der Waals surface area (Å²) in [6, 6.07) is 12.9. The average molecular weight is 448 g/mol. The molecule has 0 aliphatic carbocycles. The summed E-state index contributed by atoms with van der Waals surface area (Å²) in [5, 5.41) is 1.91. The molecule has 0 amide bonds. The van der Waals surface area contributed by atoms with Crippen molar-refractivity contribution in [2.75, 3.05) is 27.1 Å². The normalized spacial score (nSPS) is 23.1. The molecule has 1 aliphatic rings. The zero-order chi connectivity index (χ0) is 22.6. The van der Waals surface area contributed by atoms with Crippen molar-refractivity contribution < 1.29 is 22.7 Å². The van der Waals surface area contributed by atoms with Crippen LogP contribution in [0.4, 0.5) is 0 Å². The molecule has 0 saturated heterocycles. The number of nitrogens with zero attached hydrogens (tertiary/aromatic N) is 1. The van der Waals surface area contributed by atoms with Gasteiger partial charge in [-0.05, 0) is 30.0 Å².